The molecule has 4 nitrogen and oxygen atoms in total. The number of hydrogen-bond donors (Lipinski definition) is 0. The molecule has 4 heteroatoms. The third-order valence-electron chi connectivity index (χ3n) is 2.53. The molecule has 0 amide bonds. The van der Waals surface area contributed by atoms with Gasteiger partial charge in [-0.1, -0.05) is 13.8 Å². The monoisotopic (exact) mass is 214 g/mol. The summed E-state index contributed by atoms with van der Waals surface area (Å²) in [5.41, 5.74) is 0. The number of ether oxygens (including phenoxy) is 2. The van der Waals surface area contributed by atoms with Crippen LogP contribution in [0.15, 0.2) is 0 Å². The Morgan fingerprint density at radius 2 is 1.40 bits per heavy atom. The van der Waals surface area contributed by atoms with Gasteiger partial charge in [-0.2, -0.15) is 0 Å². The first-order valence-corrected chi connectivity index (χ1v) is 5.56. The first kappa shape index (κ1) is 12.0. The molecule has 0 unspecified atom stereocenters. The largest absolute Gasteiger partial charge is 0.458 e. The molecule has 0 bridgehead atoms. The first-order valence-electron chi connectivity index (χ1n) is 5.56. The Morgan fingerprint density at radius 1 is 1.00 bits per heavy atom. The van der Waals surface area contributed by atoms with E-state index >= 15 is 0 Å². The molecule has 1 saturated carbocycles. The second kappa shape index (κ2) is 5.73. The average molecular weight is 214 g/mol. The highest BCUT2D eigenvalue weighted by Gasteiger charge is 2.32. The summed E-state index contributed by atoms with van der Waals surface area (Å²) in [6, 6.07) is 0. The van der Waals surface area contributed by atoms with Crippen molar-refractivity contribution in [3.8, 4) is 0 Å². The Hall–Kier alpha value is -1.06. The van der Waals surface area contributed by atoms with Crippen molar-refractivity contribution in [2.75, 3.05) is 0 Å². The molecule has 0 aliphatic heterocycles. The molecule has 1 aliphatic carbocycles. The van der Waals surface area contributed by atoms with Gasteiger partial charge < -0.3 is 9.47 Å². The van der Waals surface area contributed by atoms with E-state index in [1.807, 2.05) is 0 Å². The lowest BCUT2D eigenvalue weighted by molar-refractivity contribution is -0.164. The Morgan fingerprint density at radius 3 is 1.73 bits per heavy atom. The van der Waals surface area contributed by atoms with E-state index in [4.69, 9.17) is 9.47 Å². The summed E-state index contributed by atoms with van der Waals surface area (Å²) in [7, 11) is 0. The van der Waals surface area contributed by atoms with Gasteiger partial charge in [-0.25, -0.2) is 0 Å². The summed E-state index contributed by atoms with van der Waals surface area (Å²) in [5, 5.41) is 0. The minimum Gasteiger partial charge on any atom is -0.458 e. The van der Waals surface area contributed by atoms with E-state index in [0.29, 0.717) is 12.8 Å². The van der Waals surface area contributed by atoms with E-state index in [0.717, 1.165) is 19.3 Å². The number of esters is 2. The van der Waals surface area contributed by atoms with Gasteiger partial charge in [-0.05, 0) is 19.3 Å². The molecular formula is C11H18O4. The van der Waals surface area contributed by atoms with Gasteiger partial charge in [0.1, 0.15) is 12.2 Å². The van der Waals surface area contributed by atoms with Crippen molar-refractivity contribution in [3.05, 3.63) is 0 Å². The molecule has 0 spiro atoms. The number of carbonyl (C=O) groups excluding carboxylic acids is 2. The van der Waals surface area contributed by atoms with Crippen LogP contribution in [0, 0.1) is 0 Å². The molecule has 86 valence electrons. The topological polar surface area (TPSA) is 52.6 Å². The summed E-state index contributed by atoms with van der Waals surface area (Å²) < 4.78 is 10.4. The predicted octanol–water partition coefficient (Wildman–Crippen LogP) is 1.81. The number of carbonyl (C=O) groups is 2. The lowest BCUT2D eigenvalue weighted by atomic mass is 10.2. The van der Waals surface area contributed by atoms with Crippen molar-refractivity contribution in [1.29, 1.82) is 0 Å². The van der Waals surface area contributed by atoms with Gasteiger partial charge in [0, 0.05) is 12.8 Å². The number of rotatable bonds is 4. The van der Waals surface area contributed by atoms with Crippen molar-refractivity contribution in [2.24, 2.45) is 0 Å². The van der Waals surface area contributed by atoms with Crippen LogP contribution in [0.2, 0.25) is 0 Å². The molecule has 0 saturated heterocycles. The van der Waals surface area contributed by atoms with Crippen LogP contribution in [0.5, 0.6) is 0 Å². The van der Waals surface area contributed by atoms with E-state index in [9.17, 15) is 9.59 Å². The number of hydrogen-bond acceptors (Lipinski definition) is 4. The van der Waals surface area contributed by atoms with Crippen LogP contribution in [-0.4, -0.2) is 24.1 Å². The van der Waals surface area contributed by atoms with Gasteiger partial charge in [0.2, 0.25) is 0 Å². The lowest BCUT2D eigenvalue weighted by Gasteiger charge is -2.19. The van der Waals surface area contributed by atoms with Gasteiger partial charge >= 0.3 is 11.9 Å². The lowest BCUT2D eigenvalue weighted by Crippen LogP contribution is -2.30. The maximum atomic E-state index is 11.1. The smallest absolute Gasteiger partial charge is 0.305 e. The fourth-order valence-electron chi connectivity index (χ4n) is 1.67. The molecule has 1 rings (SSSR count). The normalized spacial score (nSPS) is 24.9. The summed E-state index contributed by atoms with van der Waals surface area (Å²) in [6.45, 7) is 3.51. The van der Waals surface area contributed by atoms with Gasteiger partial charge in [-0.3, -0.25) is 9.59 Å². The van der Waals surface area contributed by atoms with Crippen LogP contribution < -0.4 is 0 Å². The van der Waals surface area contributed by atoms with Crippen molar-refractivity contribution in [2.45, 2.75) is 58.2 Å². The fourth-order valence-corrected chi connectivity index (χ4v) is 1.67. The van der Waals surface area contributed by atoms with Crippen LogP contribution >= 0.6 is 0 Å². The van der Waals surface area contributed by atoms with E-state index in [-0.39, 0.29) is 24.1 Å². The Labute approximate surface area is 89.9 Å². The quantitative estimate of drug-likeness (QED) is 0.670. The van der Waals surface area contributed by atoms with E-state index < -0.39 is 0 Å². The summed E-state index contributed by atoms with van der Waals surface area (Å²) in [6.07, 6.45) is 2.82. The van der Waals surface area contributed by atoms with Gasteiger partial charge in [0.15, 0.2) is 0 Å². The van der Waals surface area contributed by atoms with Crippen molar-refractivity contribution in [3.63, 3.8) is 0 Å². The van der Waals surface area contributed by atoms with Crippen LogP contribution in [-0.2, 0) is 19.1 Å². The summed E-state index contributed by atoms with van der Waals surface area (Å²) >= 11 is 0. The van der Waals surface area contributed by atoms with E-state index in [1.165, 1.54) is 0 Å². The van der Waals surface area contributed by atoms with Gasteiger partial charge in [0.05, 0.1) is 0 Å². The highest BCUT2D eigenvalue weighted by Crippen LogP contribution is 2.25. The van der Waals surface area contributed by atoms with Gasteiger partial charge in [0.25, 0.3) is 0 Å². The average Bonchev–Trinajstić information content (AvgIpc) is 2.65. The third kappa shape index (κ3) is 3.53. The maximum Gasteiger partial charge on any atom is 0.305 e. The molecule has 1 aliphatic rings. The zero-order valence-corrected chi connectivity index (χ0v) is 9.32. The molecule has 0 N–H and O–H groups in total. The highest BCUT2D eigenvalue weighted by molar-refractivity contribution is 5.70. The van der Waals surface area contributed by atoms with Crippen LogP contribution in [0.1, 0.15) is 46.0 Å². The summed E-state index contributed by atoms with van der Waals surface area (Å²) in [4.78, 5) is 22.2. The molecule has 15 heavy (non-hydrogen) atoms. The van der Waals surface area contributed by atoms with Crippen molar-refractivity contribution < 1.29 is 19.1 Å². The standard InChI is InChI=1S/C11H18O4/c1-3-10(12)14-8-6-5-7-9(8)15-11(13)4-2/h8-9H,3-7H2,1-2H3/t8-,9+. The molecular weight excluding hydrogens is 196 g/mol. The first-order chi connectivity index (χ1) is 7.17. The molecule has 1 fully saturated rings. The highest BCUT2D eigenvalue weighted by atomic mass is 16.6. The van der Waals surface area contributed by atoms with Crippen molar-refractivity contribution >= 4 is 11.9 Å². The van der Waals surface area contributed by atoms with E-state index in [2.05, 4.69) is 0 Å². The Kier molecular flexibility index (Phi) is 4.59. The molecule has 2 atom stereocenters. The van der Waals surface area contributed by atoms with Crippen LogP contribution in [0.25, 0.3) is 0 Å². The Balaban J connectivity index is 2.42. The molecule has 0 radical (unpaired) electrons. The third-order valence-corrected chi connectivity index (χ3v) is 2.53. The zero-order chi connectivity index (χ0) is 11.3. The SMILES string of the molecule is CCC(=O)O[C@H]1CCC[C@H]1OC(=O)CC. The molecule has 0 aromatic rings. The second-order valence-corrected chi connectivity index (χ2v) is 3.69. The van der Waals surface area contributed by atoms with E-state index in [1.54, 1.807) is 13.8 Å². The zero-order valence-electron chi connectivity index (χ0n) is 9.32. The van der Waals surface area contributed by atoms with Crippen LogP contribution in [0.3, 0.4) is 0 Å². The van der Waals surface area contributed by atoms with Crippen LogP contribution in [0.4, 0.5) is 0 Å². The summed E-state index contributed by atoms with van der Waals surface area (Å²) in [5.74, 6) is -0.445. The van der Waals surface area contributed by atoms with Crippen molar-refractivity contribution in [1.82, 2.24) is 0 Å². The Bertz CT molecular complexity index is 213. The fraction of sp³-hybridized carbons (Fsp3) is 0.818. The molecule has 0 heterocycles. The molecule has 0 aromatic carbocycles. The molecule has 0 aromatic heterocycles. The maximum absolute atomic E-state index is 11.1. The predicted molar refractivity (Wildman–Crippen MR) is 54.2 cm³/mol. The minimum atomic E-state index is -0.229. The minimum absolute atomic E-state index is 0.223. The second-order valence-electron chi connectivity index (χ2n) is 3.69. The van der Waals surface area contributed by atoms with Gasteiger partial charge in [-0.15, -0.1) is 0 Å².